The summed E-state index contributed by atoms with van der Waals surface area (Å²) in [7, 11) is 0. The lowest BCUT2D eigenvalue weighted by Crippen LogP contribution is -2.29. The van der Waals surface area contributed by atoms with E-state index in [0.717, 1.165) is 21.2 Å². The van der Waals surface area contributed by atoms with E-state index in [0.29, 0.717) is 13.2 Å². The van der Waals surface area contributed by atoms with Crippen molar-refractivity contribution >= 4 is 58.5 Å². The SMILES string of the molecule is O=C(OCCO)N1c2ccccc2Sc2ccccc21.O=C1OCCO1.c1ccc2c(c1)Nc1ccccc1S2. The number of aliphatic hydroxyl groups excluding tert-OH is 1. The molecule has 204 valence electrons. The lowest BCUT2D eigenvalue weighted by Gasteiger charge is -2.30. The number of carbonyl (C=O) groups excluding carboxylic acids is 2. The van der Waals surface area contributed by atoms with Crippen LogP contribution in [0.4, 0.5) is 32.3 Å². The molecule has 0 saturated carbocycles. The van der Waals surface area contributed by atoms with Gasteiger partial charge in [0.25, 0.3) is 0 Å². The van der Waals surface area contributed by atoms with Crippen molar-refractivity contribution in [3.05, 3.63) is 97.1 Å². The van der Waals surface area contributed by atoms with Gasteiger partial charge >= 0.3 is 12.2 Å². The van der Waals surface area contributed by atoms with Crippen LogP contribution in [-0.2, 0) is 14.2 Å². The molecule has 1 fully saturated rings. The number of amides is 1. The predicted octanol–water partition coefficient (Wildman–Crippen LogP) is 7.47. The number of benzene rings is 4. The molecule has 7 rings (SSSR count). The molecule has 3 heterocycles. The van der Waals surface area contributed by atoms with E-state index in [2.05, 4.69) is 63.3 Å². The van der Waals surface area contributed by atoms with Crippen LogP contribution in [-0.4, -0.2) is 43.8 Å². The van der Waals surface area contributed by atoms with Gasteiger partial charge in [0, 0.05) is 19.6 Å². The lowest BCUT2D eigenvalue weighted by atomic mass is 10.2. The van der Waals surface area contributed by atoms with E-state index in [1.807, 2.05) is 60.3 Å². The Labute approximate surface area is 240 Å². The van der Waals surface area contributed by atoms with E-state index >= 15 is 0 Å². The van der Waals surface area contributed by atoms with E-state index in [4.69, 9.17) is 9.84 Å². The zero-order chi connectivity index (χ0) is 27.7. The van der Waals surface area contributed by atoms with Crippen molar-refractivity contribution in [1.82, 2.24) is 0 Å². The van der Waals surface area contributed by atoms with Gasteiger partial charge in [-0.15, -0.1) is 0 Å². The zero-order valence-electron chi connectivity index (χ0n) is 21.3. The summed E-state index contributed by atoms with van der Waals surface area (Å²) >= 11 is 3.45. The molecule has 3 aliphatic heterocycles. The van der Waals surface area contributed by atoms with E-state index in [1.165, 1.54) is 21.2 Å². The maximum Gasteiger partial charge on any atom is 0.508 e. The molecule has 0 spiro atoms. The van der Waals surface area contributed by atoms with Crippen molar-refractivity contribution < 1.29 is 28.9 Å². The van der Waals surface area contributed by atoms with Crippen LogP contribution in [0.15, 0.2) is 117 Å². The van der Waals surface area contributed by atoms with Crippen LogP contribution in [0.1, 0.15) is 0 Å². The van der Waals surface area contributed by atoms with E-state index < -0.39 is 12.2 Å². The molecule has 0 aromatic heterocycles. The molecule has 0 atom stereocenters. The van der Waals surface area contributed by atoms with E-state index in [9.17, 15) is 9.59 Å². The minimum atomic E-state index is -0.546. The van der Waals surface area contributed by atoms with Crippen molar-refractivity contribution in [3.8, 4) is 0 Å². The first-order valence-corrected chi connectivity index (χ1v) is 14.1. The van der Waals surface area contributed by atoms with Gasteiger partial charge in [-0.2, -0.15) is 0 Å². The minimum absolute atomic E-state index is 0.00713. The Bertz CT molecular complexity index is 1360. The highest BCUT2D eigenvalue weighted by Gasteiger charge is 2.28. The highest BCUT2D eigenvalue weighted by Crippen LogP contribution is 2.48. The van der Waals surface area contributed by atoms with Crippen molar-refractivity contribution in [2.45, 2.75) is 19.6 Å². The average molecular weight is 575 g/mol. The third-order valence-corrected chi connectivity index (χ3v) is 8.00. The lowest BCUT2D eigenvalue weighted by molar-refractivity contribution is 0.127. The number of fused-ring (bicyclic) bond motifs is 4. The zero-order valence-corrected chi connectivity index (χ0v) is 23.0. The Hall–Kier alpha value is -4.12. The molecule has 1 saturated heterocycles. The second-order valence-corrected chi connectivity index (χ2v) is 10.5. The summed E-state index contributed by atoms with van der Waals surface area (Å²) < 4.78 is 13.7. The number of rotatable bonds is 2. The number of nitrogens with zero attached hydrogens (tertiary/aromatic N) is 1. The first-order valence-electron chi connectivity index (χ1n) is 12.5. The Balaban J connectivity index is 0.000000139. The summed E-state index contributed by atoms with van der Waals surface area (Å²) in [4.78, 5) is 28.2. The summed E-state index contributed by atoms with van der Waals surface area (Å²) in [5, 5.41) is 12.2. The molecule has 0 unspecified atom stereocenters. The highest BCUT2D eigenvalue weighted by atomic mass is 32.2. The monoisotopic (exact) mass is 574 g/mol. The van der Waals surface area contributed by atoms with Gasteiger partial charge < -0.3 is 24.6 Å². The normalized spacial score (nSPS) is 13.6. The number of nitrogens with one attached hydrogen (secondary N) is 1. The van der Waals surface area contributed by atoms with Crippen LogP contribution < -0.4 is 10.2 Å². The molecule has 3 aliphatic rings. The number of para-hydroxylation sites is 4. The molecular weight excluding hydrogens is 548 g/mol. The Morgan fingerprint density at radius 1 is 0.750 bits per heavy atom. The number of cyclic esters (lactones) is 2. The molecule has 1 amide bonds. The second kappa shape index (κ2) is 13.3. The molecule has 0 bridgehead atoms. The fourth-order valence-corrected chi connectivity index (χ4v) is 6.02. The van der Waals surface area contributed by atoms with Gasteiger partial charge in [0.05, 0.1) is 29.4 Å². The average Bonchev–Trinajstić information content (AvgIpc) is 3.49. The molecule has 4 aromatic rings. The third-order valence-electron chi connectivity index (χ3n) is 5.72. The summed E-state index contributed by atoms with van der Waals surface area (Å²) in [6.45, 7) is 0.641. The number of hydrogen-bond donors (Lipinski definition) is 2. The summed E-state index contributed by atoms with van der Waals surface area (Å²) in [6, 6.07) is 32.1. The fourth-order valence-electron chi connectivity index (χ4n) is 3.97. The quantitative estimate of drug-likeness (QED) is 0.208. The van der Waals surface area contributed by atoms with Crippen LogP contribution in [0, 0.1) is 0 Å². The van der Waals surface area contributed by atoms with Crippen molar-refractivity contribution in [2.24, 2.45) is 0 Å². The number of anilines is 4. The van der Waals surface area contributed by atoms with Crippen LogP contribution >= 0.6 is 23.5 Å². The summed E-state index contributed by atoms with van der Waals surface area (Å²) in [5.74, 6) is 0. The van der Waals surface area contributed by atoms with Crippen LogP contribution in [0.3, 0.4) is 0 Å². The molecule has 10 heteroatoms. The van der Waals surface area contributed by atoms with Crippen LogP contribution in [0.2, 0.25) is 0 Å². The molecule has 40 heavy (non-hydrogen) atoms. The Kier molecular flexibility index (Phi) is 9.12. The van der Waals surface area contributed by atoms with E-state index in [-0.39, 0.29) is 13.2 Å². The maximum atomic E-state index is 12.3. The standard InChI is InChI=1S/C15H13NO3S.C12H9NS.C3H4O3/c17-9-10-19-15(18)16-11-5-1-3-7-13(11)20-14-8-4-2-6-12(14)16;1-3-7-11-9(5-1)13-10-6-2-4-8-12(10)14-11;4-3-5-1-2-6-3/h1-8,17H,9-10H2;1-8,13H;1-2H2. The smallest absolute Gasteiger partial charge is 0.446 e. The van der Waals surface area contributed by atoms with E-state index in [1.54, 1.807) is 16.7 Å². The van der Waals surface area contributed by atoms with Gasteiger partial charge in [-0.05, 0) is 48.5 Å². The first-order chi connectivity index (χ1) is 19.6. The fraction of sp³-hybridized carbons (Fsp3) is 0.133. The van der Waals surface area contributed by atoms with Gasteiger partial charge in [-0.25, -0.2) is 14.5 Å². The Morgan fingerprint density at radius 2 is 1.20 bits per heavy atom. The Morgan fingerprint density at radius 3 is 1.68 bits per heavy atom. The van der Waals surface area contributed by atoms with Crippen molar-refractivity contribution in [3.63, 3.8) is 0 Å². The summed E-state index contributed by atoms with van der Waals surface area (Å²) in [5.41, 5.74) is 4.02. The molecule has 8 nitrogen and oxygen atoms in total. The molecule has 2 N–H and O–H groups in total. The van der Waals surface area contributed by atoms with Gasteiger partial charge in [-0.1, -0.05) is 72.1 Å². The van der Waals surface area contributed by atoms with Crippen LogP contribution in [0.25, 0.3) is 0 Å². The number of aliphatic hydroxyl groups is 1. The van der Waals surface area contributed by atoms with Gasteiger partial charge in [0.15, 0.2) is 0 Å². The molecule has 0 radical (unpaired) electrons. The van der Waals surface area contributed by atoms with Gasteiger partial charge in [0.1, 0.15) is 19.8 Å². The topological polar surface area (TPSA) is 97.3 Å². The number of ether oxygens (including phenoxy) is 3. The summed E-state index contributed by atoms with van der Waals surface area (Å²) in [6.07, 6.45) is -1.02. The van der Waals surface area contributed by atoms with Crippen LogP contribution in [0.5, 0.6) is 0 Å². The molecular formula is C30H26N2O6S2. The number of carbonyl (C=O) groups is 2. The van der Waals surface area contributed by atoms with Crippen molar-refractivity contribution in [2.75, 3.05) is 36.6 Å². The highest BCUT2D eigenvalue weighted by molar-refractivity contribution is 8.00. The second-order valence-electron chi connectivity index (χ2n) is 8.38. The first kappa shape index (κ1) is 27.4. The maximum absolute atomic E-state index is 12.3. The molecule has 0 aliphatic carbocycles. The third kappa shape index (κ3) is 6.53. The van der Waals surface area contributed by atoms with Gasteiger partial charge in [0.2, 0.25) is 0 Å². The predicted molar refractivity (Wildman–Crippen MR) is 155 cm³/mol. The van der Waals surface area contributed by atoms with Gasteiger partial charge in [-0.3, -0.25) is 0 Å². The largest absolute Gasteiger partial charge is 0.508 e. The molecule has 4 aromatic carbocycles. The minimum Gasteiger partial charge on any atom is -0.446 e. The number of hydrogen-bond acceptors (Lipinski definition) is 9. The van der Waals surface area contributed by atoms with Crippen molar-refractivity contribution in [1.29, 1.82) is 0 Å².